The van der Waals surface area contributed by atoms with E-state index in [0.717, 1.165) is 22.9 Å². The Hall–Kier alpha value is -3.74. The van der Waals surface area contributed by atoms with Crippen molar-refractivity contribution in [2.75, 3.05) is 19.5 Å². The average molecular weight is 364 g/mol. The molecule has 0 atom stereocenters. The van der Waals surface area contributed by atoms with Crippen LogP contribution in [0.25, 0.3) is 5.69 Å². The molecule has 0 fully saturated rings. The molecule has 138 valence electrons. The Balaban J connectivity index is 1.61. The quantitative estimate of drug-likeness (QED) is 0.518. The fourth-order valence-electron chi connectivity index (χ4n) is 2.47. The molecule has 0 spiro atoms. The van der Waals surface area contributed by atoms with Crippen molar-refractivity contribution in [3.8, 4) is 17.2 Å². The Kier molecular flexibility index (Phi) is 5.73. The van der Waals surface area contributed by atoms with E-state index >= 15 is 0 Å². The number of benzene rings is 2. The molecule has 1 heterocycles. The number of amides is 2. The van der Waals surface area contributed by atoms with E-state index in [2.05, 4.69) is 15.8 Å². The van der Waals surface area contributed by atoms with Crippen LogP contribution in [0.4, 0.5) is 10.5 Å². The van der Waals surface area contributed by atoms with E-state index in [4.69, 9.17) is 9.47 Å². The monoisotopic (exact) mass is 364 g/mol. The first-order chi connectivity index (χ1) is 13.2. The van der Waals surface area contributed by atoms with Gasteiger partial charge in [0.05, 0.1) is 26.1 Å². The highest BCUT2D eigenvalue weighted by Crippen LogP contribution is 2.17. The standard InChI is InChI=1S/C20H20N4O3/c1-26-18-9-5-15(6-10-18)22-20(25)23-21-14-17-4-3-13-24(17)16-7-11-19(27-2)12-8-16/h3-14H,1-2H3,(H2,22,23,25)/b21-14+. The Morgan fingerprint density at radius 3 is 2.22 bits per heavy atom. The number of nitrogens with zero attached hydrogens (tertiary/aromatic N) is 2. The van der Waals surface area contributed by atoms with E-state index in [1.807, 2.05) is 47.2 Å². The van der Waals surface area contributed by atoms with Crippen molar-refractivity contribution in [1.82, 2.24) is 9.99 Å². The Labute approximate surface area is 157 Å². The summed E-state index contributed by atoms with van der Waals surface area (Å²) in [5, 5.41) is 6.70. The van der Waals surface area contributed by atoms with Crippen LogP contribution in [-0.4, -0.2) is 31.0 Å². The van der Waals surface area contributed by atoms with Gasteiger partial charge in [-0.2, -0.15) is 5.10 Å². The van der Waals surface area contributed by atoms with Crippen LogP contribution in [-0.2, 0) is 0 Å². The first-order valence-corrected chi connectivity index (χ1v) is 8.25. The third-order valence-corrected chi connectivity index (χ3v) is 3.84. The van der Waals surface area contributed by atoms with Crippen LogP contribution in [0.3, 0.4) is 0 Å². The number of carbonyl (C=O) groups is 1. The summed E-state index contributed by atoms with van der Waals surface area (Å²) in [6.07, 6.45) is 3.50. The van der Waals surface area contributed by atoms with Crippen LogP contribution in [0.2, 0.25) is 0 Å². The molecule has 2 N–H and O–H groups in total. The van der Waals surface area contributed by atoms with Crippen LogP contribution in [0.1, 0.15) is 5.69 Å². The van der Waals surface area contributed by atoms with Gasteiger partial charge < -0.3 is 19.4 Å². The lowest BCUT2D eigenvalue weighted by Gasteiger charge is -2.08. The summed E-state index contributed by atoms with van der Waals surface area (Å²) in [6, 6.07) is 18.1. The van der Waals surface area contributed by atoms with Crippen LogP contribution < -0.4 is 20.2 Å². The van der Waals surface area contributed by atoms with Gasteiger partial charge in [-0.15, -0.1) is 0 Å². The molecule has 0 unspecified atom stereocenters. The molecule has 3 rings (SSSR count). The molecule has 7 heteroatoms. The van der Waals surface area contributed by atoms with E-state index in [0.29, 0.717) is 5.69 Å². The fraction of sp³-hybridized carbons (Fsp3) is 0.100. The van der Waals surface area contributed by atoms with Gasteiger partial charge in [-0.25, -0.2) is 10.2 Å². The van der Waals surface area contributed by atoms with Gasteiger partial charge in [-0.1, -0.05) is 0 Å². The van der Waals surface area contributed by atoms with Crippen LogP contribution in [0, 0.1) is 0 Å². The number of methoxy groups -OCH3 is 2. The van der Waals surface area contributed by atoms with Crippen molar-refractivity contribution < 1.29 is 14.3 Å². The predicted octanol–water partition coefficient (Wildman–Crippen LogP) is 3.65. The molecule has 0 aliphatic rings. The van der Waals surface area contributed by atoms with Gasteiger partial charge in [0.25, 0.3) is 0 Å². The number of hydrogen-bond acceptors (Lipinski definition) is 4. The Bertz CT molecular complexity index is 915. The highest BCUT2D eigenvalue weighted by atomic mass is 16.5. The van der Waals surface area contributed by atoms with Crippen molar-refractivity contribution >= 4 is 17.9 Å². The molecule has 2 aromatic carbocycles. The first kappa shape index (κ1) is 18.1. The van der Waals surface area contributed by atoms with Crippen molar-refractivity contribution in [3.05, 3.63) is 72.6 Å². The smallest absolute Gasteiger partial charge is 0.339 e. The van der Waals surface area contributed by atoms with Crippen LogP contribution >= 0.6 is 0 Å². The molecule has 1 aromatic heterocycles. The molecule has 0 radical (unpaired) electrons. The summed E-state index contributed by atoms with van der Waals surface area (Å²) in [5.41, 5.74) is 4.88. The van der Waals surface area contributed by atoms with Crippen molar-refractivity contribution in [3.63, 3.8) is 0 Å². The zero-order chi connectivity index (χ0) is 19.1. The fourth-order valence-corrected chi connectivity index (χ4v) is 2.47. The number of nitrogens with one attached hydrogen (secondary N) is 2. The number of anilines is 1. The minimum Gasteiger partial charge on any atom is -0.497 e. The van der Waals surface area contributed by atoms with Gasteiger partial charge >= 0.3 is 6.03 Å². The summed E-state index contributed by atoms with van der Waals surface area (Å²) in [7, 11) is 3.22. The molecule has 0 aliphatic carbocycles. The second-order valence-electron chi connectivity index (χ2n) is 5.55. The number of hydrazone groups is 1. The summed E-state index contributed by atoms with van der Waals surface area (Å²) in [6.45, 7) is 0. The largest absolute Gasteiger partial charge is 0.497 e. The maximum Gasteiger partial charge on any atom is 0.339 e. The second-order valence-corrected chi connectivity index (χ2v) is 5.55. The van der Waals surface area contributed by atoms with Crippen LogP contribution in [0.5, 0.6) is 11.5 Å². The van der Waals surface area contributed by atoms with Crippen LogP contribution in [0.15, 0.2) is 72.0 Å². The molecular formula is C20H20N4O3. The first-order valence-electron chi connectivity index (χ1n) is 8.25. The highest BCUT2D eigenvalue weighted by Gasteiger charge is 2.03. The van der Waals surface area contributed by atoms with E-state index < -0.39 is 6.03 Å². The molecule has 0 saturated carbocycles. The second kappa shape index (κ2) is 8.57. The number of carbonyl (C=O) groups excluding carboxylic acids is 1. The normalized spacial score (nSPS) is 10.6. The number of rotatable bonds is 6. The Morgan fingerprint density at radius 1 is 0.963 bits per heavy atom. The van der Waals surface area contributed by atoms with Crippen molar-refractivity contribution in [1.29, 1.82) is 0 Å². The highest BCUT2D eigenvalue weighted by molar-refractivity contribution is 5.90. The minimum atomic E-state index is -0.432. The lowest BCUT2D eigenvalue weighted by atomic mass is 10.3. The van der Waals surface area contributed by atoms with E-state index in [-0.39, 0.29) is 0 Å². The molecule has 7 nitrogen and oxygen atoms in total. The number of hydrogen-bond donors (Lipinski definition) is 2. The molecular weight excluding hydrogens is 344 g/mol. The predicted molar refractivity (Wildman–Crippen MR) is 105 cm³/mol. The maximum atomic E-state index is 11.9. The van der Waals surface area contributed by atoms with Gasteiger partial charge in [0.15, 0.2) is 0 Å². The topological polar surface area (TPSA) is 76.9 Å². The Morgan fingerprint density at radius 2 is 1.59 bits per heavy atom. The molecule has 0 bridgehead atoms. The molecule has 27 heavy (non-hydrogen) atoms. The lowest BCUT2D eigenvalue weighted by molar-refractivity contribution is 0.252. The molecule has 0 saturated heterocycles. The maximum absolute atomic E-state index is 11.9. The number of aromatic nitrogens is 1. The molecule has 0 aliphatic heterocycles. The zero-order valence-corrected chi connectivity index (χ0v) is 15.0. The van der Waals surface area contributed by atoms with Crippen molar-refractivity contribution in [2.45, 2.75) is 0 Å². The molecule has 2 amide bonds. The van der Waals surface area contributed by atoms with Gasteiger partial charge in [0.2, 0.25) is 0 Å². The number of urea groups is 1. The average Bonchev–Trinajstić information content (AvgIpc) is 3.17. The summed E-state index contributed by atoms with van der Waals surface area (Å²) in [4.78, 5) is 11.9. The SMILES string of the molecule is COc1ccc(NC(=O)N/N=C/c2cccn2-c2ccc(OC)cc2)cc1. The molecule has 3 aromatic rings. The number of ether oxygens (including phenoxy) is 2. The summed E-state index contributed by atoms with van der Waals surface area (Å²) >= 11 is 0. The third-order valence-electron chi connectivity index (χ3n) is 3.84. The minimum absolute atomic E-state index is 0.432. The van der Waals surface area contributed by atoms with Gasteiger partial charge in [-0.05, 0) is 60.7 Å². The van der Waals surface area contributed by atoms with Gasteiger partial charge in [0.1, 0.15) is 11.5 Å². The van der Waals surface area contributed by atoms with Gasteiger partial charge in [0, 0.05) is 17.6 Å². The van der Waals surface area contributed by atoms with E-state index in [1.165, 1.54) is 0 Å². The third kappa shape index (κ3) is 4.66. The zero-order valence-electron chi connectivity index (χ0n) is 15.0. The van der Waals surface area contributed by atoms with E-state index in [9.17, 15) is 4.79 Å². The summed E-state index contributed by atoms with van der Waals surface area (Å²) in [5.74, 6) is 1.51. The van der Waals surface area contributed by atoms with Gasteiger partial charge in [-0.3, -0.25) is 0 Å². The summed E-state index contributed by atoms with van der Waals surface area (Å²) < 4.78 is 12.2. The van der Waals surface area contributed by atoms with E-state index in [1.54, 1.807) is 44.7 Å². The van der Waals surface area contributed by atoms with Crippen molar-refractivity contribution in [2.24, 2.45) is 5.10 Å². The lowest BCUT2D eigenvalue weighted by Crippen LogP contribution is -2.24.